The molecule has 1 aliphatic heterocycles. The first-order chi connectivity index (χ1) is 9.82. The van der Waals surface area contributed by atoms with Crippen molar-refractivity contribution in [2.45, 2.75) is 38.8 Å². The van der Waals surface area contributed by atoms with Gasteiger partial charge in [0.25, 0.3) is 5.56 Å². The number of H-pyrrole nitrogens is 1. The summed E-state index contributed by atoms with van der Waals surface area (Å²) < 4.78 is 1.40. The van der Waals surface area contributed by atoms with Gasteiger partial charge >= 0.3 is 5.69 Å². The van der Waals surface area contributed by atoms with Crippen molar-refractivity contribution in [3.8, 4) is 0 Å². The van der Waals surface area contributed by atoms with Crippen molar-refractivity contribution in [1.82, 2.24) is 9.55 Å². The van der Waals surface area contributed by atoms with E-state index in [4.69, 9.17) is 5.73 Å². The zero-order chi connectivity index (χ0) is 15.4. The molecule has 7 heteroatoms. The summed E-state index contributed by atoms with van der Waals surface area (Å²) >= 11 is 0. The number of β-amino-alcohol motifs (C(OH)–C–C–N with tert-alkyl or cyclic N) is 1. The van der Waals surface area contributed by atoms with Crippen molar-refractivity contribution >= 4 is 11.5 Å². The number of hydrogen-bond donors (Lipinski definition) is 3. The highest BCUT2D eigenvalue weighted by Crippen LogP contribution is 2.45. The highest BCUT2D eigenvalue weighted by Gasteiger charge is 2.52. The molecule has 2 heterocycles. The lowest BCUT2D eigenvalue weighted by Crippen LogP contribution is -2.64. The van der Waals surface area contributed by atoms with Crippen LogP contribution in [0, 0.1) is 11.8 Å². The first-order valence-corrected chi connectivity index (χ1v) is 7.42. The summed E-state index contributed by atoms with van der Waals surface area (Å²) in [5.41, 5.74) is 4.70. The fourth-order valence-corrected chi connectivity index (χ4v) is 3.08. The predicted octanol–water partition coefficient (Wildman–Crippen LogP) is -0.264. The summed E-state index contributed by atoms with van der Waals surface area (Å²) in [5, 5.41) is 10.4. The number of nitrogen functional groups attached to an aromatic ring is 1. The van der Waals surface area contributed by atoms with E-state index in [0.29, 0.717) is 31.2 Å². The van der Waals surface area contributed by atoms with Gasteiger partial charge in [-0.15, -0.1) is 0 Å². The lowest BCUT2D eigenvalue weighted by molar-refractivity contribution is -0.00942. The van der Waals surface area contributed by atoms with Crippen LogP contribution < -0.4 is 21.9 Å². The van der Waals surface area contributed by atoms with Crippen molar-refractivity contribution < 1.29 is 5.11 Å². The van der Waals surface area contributed by atoms with E-state index >= 15 is 0 Å². The minimum absolute atomic E-state index is 0.190. The third-order valence-electron chi connectivity index (χ3n) is 4.34. The van der Waals surface area contributed by atoms with Crippen LogP contribution in [0.5, 0.6) is 0 Å². The third kappa shape index (κ3) is 2.35. The van der Waals surface area contributed by atoms with E-state index in [1.807, 2.05) is 13.8 Å². The van der Waals surface area contributed by atoms with Crippen molar-refractivity contribution in [3.05, 3.63) is 20.8 Å². The second-order valence-corrected chi connectivity index (χ2v) is 6.73. The normalized spacial score (nSPS) is 20.7. The van der Waals surface area contributed by atoms with Crippen LogP contribution in [0.2, 0.25) is 0 Å². The Labute approximate surface area is 122 Å². The molecule has 1 aromatic rings. The van der Waals surface area contributed by atoms with Crippen molar-refractivity contribution in [3.63, 3.8) is 0 Å². The van der Waals surface area contributed by atoms with Gasteiger partial charge in [-0.3, -0.25) is 14.3 Å². The Morgan fingerprint density at radius 3 is 2.52 bits per heavy atom. The van der Waals surface area contributed by atoms with Gasteiger partial charge < -0.3 is 15.7 Å². The highest BCUT2D eigenvalue weighted by atomic mass is 16.3. The summed E-state index contributed by atoms with van der Waals surface area (Å²) in [7, 11) is 0. The van der Waals surface area contributed by atoms with E-state index in [1.54, 1.807) is 4.90 Å². The van der Waals surface area contributed by atoms with E-state index in [-0.39, 0.29) is 11.7 Å². The SMILES string of the molecule is CC(C)Cn1c(N)c(N2CC(O)(C3CC3)C2)c(=O)[nH]c1=O. The molecule has 2 aliphatic rings. The van der Waals surface area contributed by atoms with Gasteiger partial charge in [0.05, 0.1) is 0 Å². The van der Waals surface area contributed by atoms with Gasteiger partial charge in [0, 0.05) is 19.6 Å². The molecule has 3 rings (SSSR count). The summed E-state index contributed by atoms with van der Waals surface area (Å²) in [6, 6.07) is 0. The number of nitrogens with two attached hydrogens (primary N) is 1. The largest absolute Gasteiger partial charge is 0.386 e. The smallest absolute Gasteiger partial charge is 0.330 e. The minimum Gasteiger partial charge on any atom is -0.386 e. The molecule has 0 spiro atoms. The van der Waals surface area contributed by atoms with E-state index in [2.05, 4.69) is 4.98 Å². The van der Waals surface area contributed by atoms with Crippen LogP contribution in [0.4, 0.5) is 11.5 Å². The zero-order valence-corrected chi connectivity index (χ0v) is 12.4. The minimum atomic E-state index is -0.697. The lowest BCUT2D eigenvalue weighted by atomic mass is 9.88. The molecule has 1 saturated carbocycles. The molecule has 0 aromatic carbocycles. The maximum absolute atomic E-state index is 12.1. The van der Waals surface area contributed by atoms with E-state index < -0.39 is 16.9 Å². The Kier molecular flexibility index (Phi) is 3.12. The number of hydrogen-bond acceptors (Lipinski definition) is 5. The molecule has 7 nitrogen and oxygen atoms in total. The Morgan fingerprint density at radius 1 is 1.38 bits per heavy atom. The molecule has 0 bridgehead atoms. The average Bonchev–Trinajstić information content (AvgIpc) is 3.15. The topological polar surface area (TPSA) is 104 Å². The molecule has 4 N–H and O–H groups in total. The zero-order valence-electron chi connectivity index (χ0n) is 12.4. The standard InChI is InChI=1S/C14H22N4O3/c1-8(2)5-18-11(15)10(12(19)16-13(18)20)17-6-14(21,7-17)9-3-4-9/h8-9,21H,3-7,15H2,1-2H3,(H,16,19,20). The maximum Gasteiger partial charge on any atom is 0.330 e. The van der Waals surface area contributed by atoms with Gasteiger partial charge in [0.15, 0.2) is 0 Å². The lowest BCUT2D eigenvalue weighted by Gasteiger charge is -2.48. The Balaban J connectivity index is 1.92. The molecule has 21 heavy (non-hydrogen) atoms. The van der Waals surface area contributed by atoms with E-state index in [1.165, 1.54) is 4.57 Å². The van der Waals surface area contributed by atoms with Crippen LogP contribution in [0.1, 0.15) is 26.7 Å². The second-order valence-electron chi connectivity index (χ2n) is 6.73. The molecule has 0 unspecified atom stereocenters. The first-order valence-electron chi connectivity index (χ1n) is 7.42. The van der Waals surface area contributed by atoms with Gasteiger partial charge in [0.2, 0.25) is 0 Å². The van der Waals surface area contributed by atoms with Crippen molar-refractivity contribution in [2.24, 2.45) is 11.8 Å². The third-order valence-corrected chi connectivity index (χ3v) is 4.34. The Bertz CT molecular complexity index is 666. The molecule has 0 atom stereocenters. The quantitative estimate of drug-likeness (QED) is 0.709. The van der Waals surface area contributed by atoms with Crippen LogP contribution in [0.25, 0.3) is 0 Å². The molecule has 1 aliphatic carbocycles. The molecule has 116 valence electrons. The Morgan fingerprint density at radius 2 is 2.00 bits per heavy atom. The molecule has 2 fully saturated rings. The summed E-state index contributed by atoms with van der Waals surface area (Å²) in [6.07, 6.45) is 2.09. The van der Waals surface area contributed by atoms with Crippen molar-refractivity contribution in [2.75, 3.05) is 23.7 Å². The van der Waals surface area contributed by atoms with E-state index in [9.17, 15) is 14.7 Å². The monoisotopic (exact) mass is 294 g/mol. The molecule has 0 radical (unpaired) electrons. The van der Waals surface area contributed by atoms with Gasteiger partial charge in [-0.1, -0.05) is 13.8 Å². The fraction of sp³-hybridized carbons (Fsp3) is 0.714. The van der Waals surface area contributed by atoms with Gasteiger partial charge in [-0.25, -0.2) is 4.79 Å². The fourth-order valence-electron chi connectivity index (χ4n) is 3.08. The number of aromatic nitrogens is 2. The Hall–Kier alpha value is -1.76. The number of aromatic amines is 1. The van der Waals surface area contributed by atoms with E-state index in [0.717, 1.165) is 12.8 Å². The maximum atomic E-state index is 12.1. The number of aliphatic hydroxyl groups is 1. The molecule has 0 amide bonds. The van der Waals surface area contributed by atoms with Gasteiger partial charge in [-0.2, -0.15) is 0 Å². The predicted molar refractivity (Wildman–Crippen MR) is 80.5 cm³/mol. The average molecular weight is 294 g/mol. The molecule has 1 saturated heterocycles. The molecule has 1 aromatic heterocycles. The first kappa shape index (κ1) is 14.2. The number of anilines is 2. The van der Waals surface area contributed by atoms with Gasteiger partial charge in [-0.05, 0) is 24.7 Å². The van der Waals surface area contributed by atoms with Gasteiger partial charge in [0.1, 0.15) is 17.1 Å². The molecular weight excluding hydrogens is 272 g/mol. The summed E-state index contributed by atoms with van der Waals surface area (Å²) in [5.74, 6) is 0.773. The van der Waals surface area contributed by atoms with Crippen molar-refractivity contribution in [1.29, 1.82) is 0 Å². The summed E-state index contributed by atoms with van der Waals surface area (Å²) in [4.78, 5) is 28.0. The van der Waals surface area contributed by atoms with Crippen LogP contribution >= 0.6 is 0 Å². The van der Waals surface area contributed by atoms with Crippen LogP contribution in [0.3, 0.4) is 0 Å². The molecular formula is C14H22N4O3. The number of nitrogens with zero attached hydrogens (tertiary/aromatic N) is 2. The summed E-state index contributed by atoms with van der Waals surface area (Å²) in [6.45, 7) is 5.23. The van der Waals surface area contributed by atoms with Crippen LogP contribution in [-0.2, 0) is 6.54 Å². The number of nitrogens with one attached hydrogen (secondary N) is 1. The van der Waals surface area contributed by atoms with Crippen LogP contribution in [0.15, 0.2) is 9.59 Å². The highest BCUT2D eigenvalue weighted by molar-refractivity contribution is 5.64. The second kappa shape index (κ2) is 4.62. The number of rotatable bonds is 4. The van der Waals surface area contributed by atoms with Crippen LogP contribution in [-0.4, -0.2) is 33.3 Å².